The van der Waals surface area contributed by atoms with Crippen molar-refractivity contribution in [1.29, 1.82) is 0 Å². The zero-order valence-corrected chi connectivity index (χ0v) is 22.0. The van der Waals surface area contributed by atoms with E-state index < -0.39 is 10.0 Å². The monoisotopic (exact) mass is 512 g/mol. The first-order valence-corrected chi connectivity index (χ1v) is 14.1. The van der Waals surface area contributed by atoms with Crippen LogP contribution in [-0.4, -0.2) is 39.8 Å². The summed E-state index contributed by atoms with van der Waals surface area (Å²) in [5.41, 5.74) is 3.96. The van der Waals surface area contributed by atoms with Gasteiger partial charge in [0.15, 0.2) is 0 Å². The molecule has 6 nitrogen and oxygen atoms in total. The minimum atomic E-state index is -3.96. The number of sulfonamides is 1. The predicted molar refractivity (Wildman–Crippen MR) is 144 cm³/mol. The maximum absolute atomic E-state index is 13.5. The van der Waals surface area contributed by atoms with E-state index in [1.807, 2.05) is 38.1 Å². The Morgan fingerprint density at radius 1 is 0.971 bits per heavy atom. The molecule has 35 heavy (non-hydrogen) atoms. The van der Waals surface area contributed by atoms with Crippen molar-refractivity contribution in [3.05, 3.63) is 89.5 Å². The second-order valence-corrected chi connectivity index (χ2v) is 11.0. The Bertz CT molecular complexity index is 1210. The molecule has 0 saturated heterocycles. The van der Waals surface area contributed by atoms with Gasteiger partial charge in [-0.15, -0.1) is 0 Å². The number of aryl methyl sites for hydroxylation is 2. The van der Waals surface area contributed by atoms with Crippen LogP contribution in [0.1, 0.15) is 23.6 Å². The van der Waals surface area contributed by atoms with Crippen LogP contribution >= 0.6 is 11.8 Å². The van der Waals surface area contributed by atoms with Crippen molar-refractivity contribution in [2.24, 2.45) is 0 Å². The molecule has 0 radical (unpaired) electrons. The summed E-state index contributed by atoms with van der Waals surface area (Å²) in [7, 11) is -3.96. The average molecular weight is 513 g/mol. The number of carbonyl (C=O) groups excluding carboxylic acids is 1. The summed E-state index contributed by atoms with van der Waals surface area (Å²) < 4.78 is 33.5. The Balaban J connectivity index is 1.66. The SMILES string of the molecule is CCOc1ccc(S(=O)(=O)N(CC(=O)NCCSCc2ccccc2C)c2ccc(C)cc2)cc1. The van der Waals surface area contributed by atoms with E-state index in [1.54, 1.807) is 36.0 Å². The fraction of sp³-hybridized carbons (Fsp3) is 0.296. The predicted octanol–water partition coefficient (Wildman–Crippen LogP) is 4.95. The summed E-state index contributed by atoms with van der Waals surface area (Å²) in [6.07, 6.45) is 0. The van der Waals surface area contributed by atoms with Crippen LogP contribution in [0.3, 0.4) is 0 Å². The van der Waals surface area contributed by atoms with Crippen molar-refractivity contribution in [3.8, 4) is 5.75 Å². The highest BCUT2D eigenvalue weighted by Gasteiger charge is 2.27. The second kappa shape index (κ2) is 12.7. The van der Waals surface area contributed by atoms with E-state index >= 15 is 0 Å². The molecule has 0 atom stereocenters. The van der Waals surface area contributed by atoms with Gasteiger partial charge in [0, 0.05) is 18.1 Å². The van der Waals surface area contributed by atoms with Crippen molar-refractivity contribution in [3.63, 3.8) is 0 Å². The highest BCUT2D eigenvalue weighted by atomic mass is 32.2. The molecule has 0 aromatic heterocycles. The number of amides is 1. The van der Waals surface area contributed by atoms with Crippen molar-refractivity contribution in [2.45, 2.75) is 31.4 Å². The van der Waals surface area contributed by atoms with Gasteiger partial charge >= 0.3 is 0 Å². The van der Waals surface area contributed by atoms with E-state index in [2.05, 4.69) is 24.4 Å². The standard InChI is InChI=1S/C27H32N2O4S2/c1-4-33-25-13-15-26(16-14-25)35(31,32)29(24-11-9-21(2)10-12-24)19-27(30)28-17-18-34-20-23-8-6-5-7-22(23)3/h5-16H,4,17-20H2,1-3H3,(H,28,30). The van der Waals surface area contributed by atoms with Crippen molar-refractivity contribution >= 4 is 33.4 Å². The molecule has 0 aliphatic heterocycles. The minimum absolute atomic E-state index is 0.100. The number of nitrogens with one attached hydrogen (secondary N) is 1. The molecule has 1 amide bonds. The van der Waals surface area contributed by atoms with Gasteiger partial charge in [0.25, 0.3) is 10.0 Å². The lowest BCUT2D eigenvalue weighted by atomic mass is 10.1. The lowest BCUT2D eigenvalue weighted by Crippen LogP contribution is -2.41. The molecule has 0 aliphatic rings. The van der Waals surface area contributed by atoms with Gasteiger partial charge in [0.1, 0.15) is 12.3 Å². The van der Waals surface area contributed by atoms with Crippen LogP contribution in [0.2, 0.25) is 0 Å². The summed E-state index contributed by atoms with van der Waals surface area (Å²) in [6.45, 7) is 6.52. The maximum atomic E-state index is 13.5. The third-order valence-electron chi connectivity index (χ3n) is 5.42. The third-order valence-corrected chi connectivity index (χ3v) is 8.22. The molecule has 0 heterocycles. The van der Waals surface area contributed by atoms with E-state index in [0.29, 0.717) is 24.6 Å². The van der Waals surface area contributed by atoms with E-state index in [1.165, 1.54) is 23.3 Å². The molecule has 8 heteroatoms. The van der Waals surface area contributed by atoms with E-state index in [4.69, 9.17) is 4.74 Å². The Morgan fingerprint density at radius 2 is 1.66 bits per heavy atom. The maximum Gasteiger partial charge on any atom is 0.264 e. The largest absolute Gasteiger partial charge is 0.494 e. The van der Waals surface area contributed by atoms with Gasteiger partial charge in [-0.25, -0.2) is 8.42 Å². The first-order chi connectivity index (χ1) is 16.8. The smallest absolute Gasteiger partial charge is 0.264 e. The summed E-state index contributed by atoms with van der Waals surface area (Å²) in [5.74, 6) is 1.84. The number of hydrogen-bond donors (Lipinski definition) is 1. The summed E-state index contributed by atoms with van der Waals surface area (Å²) >= 11 is 1.73. The molecule has 0 fully saturated rings. The van der Waals surface area contributed by atoms with Crippen LogP contribution in [0, 0.1) is 13.8 Å². The molecule has 186 valence electrons. The minimum Gasteiger partial charge on any atom is -0.494 e. The lowest BCUT2D eigenvalue weighted by molar-refractivity contribution is -0.119. The average Bonchev–Trinajstić information content (AvgIpc) is 2.84. The van der Waals surface area contributed by atoms with Crippen LogP contribution in [-0.2, 0) is 20.6 Å². The molecule has 0 unspecified atom stereocenters. The number of carbonyl (C=O) groups is 1. The molecule has 3 aromatic carbocycles. The van der Waals surface area contributed by atoms with Crippen LogP contribution in [0.4, 0.5) is 5.69 Å². The highest BCUT2D eigenvalue weighted by molar-refractivity contribution is 7.98. The van der Waals surface area contributed by atoms with Crippen molar-refractivity contribution in [2.75, 3.05) is 29.8 Å². The number of rotatable bonds is 12. The van der Waals surface area contributed by atoms with E-state index in [9.17, 15) is 13.2 Å². The van der Waals surface area contributed by atoms with Crippen LogP contribution in [0.15, 0.2) is 77.7 Å². The fourth-order valence-electron chi connectivity index (χ4n) is 3.43. The first kappa shape index (κ1) is 26.6. The molecule has 1 N–H and O–H groups in total. The molecule has 0 spiro atoms. The topological polar surface area (TPSA) is 75.7 Å². The highest BCUT2D eigenvalue weighted by Crippen LogP contribution is 2.25. The van der Waals surface area contributed by atoms with Gasteiger partial charge in [-0.3, -0.25) is 9.10 Å². The fourth-order valence-corrected chi connectivity index (χ4v) is 5.79. The van der Waals surface area contributed by atoms with Gasteiger partial charge in [0.05, 0.1) is 17.2 Å². The van der Waals surface area contributed by atoms with Gasteiger partial charge in [-0.05, 0) is 68.3 Å². The van der Waals surface area contributed by atoms with Gasteiger partial charge in [-0.2, -0.15) is 11.8 Å². The molecule has 3 rings (SSSR count). The molecule has 0 aliphatic carbocycles. The number of anilines is 1. The number of benzene rings is 3. The first-order valence-electron chi connectivity index (χ1n) is 11.5. The summed E-state index contributed by atoms with van der Waals surface area (Å²) in [6, 6.07) is 21.6. The summed E-state index contributed by atoms with van der Waals surface area (Å²) in [5, 5.41) is 2.86. The molecule has 0 bridgehead atoms. The van der Waals surface area contributed by atoms with Gasteiger partial charge in [-0.1, -0.05) is 42.0 Å². The van der Waals surface area contributed by atoms with Crippen molar-refractivity contribution in [1.82, 2.24) is 5.32 Å². The molecular weight excluding hydrogens is 480 g/mol. The van der Waals surface area contributed by atoms with Crippen LogP contribution in [0.25, 0.3) is 0 Å². The Morgan fingerprint density at radius 3 is 2.31 bits per heavy atom. The quantitative estimate of drug-likeness (QED) is 0.348. The number of ether oxygens (including phenoxy) is 1. The van der Waals surface area contributed by atoms with E-state index in [0.717, 1.165) is 21.4 Å². The number of hydrogen-bond acceptors (Lipinski definition) is 5. The van der Waals surface area contributed by atoms with Gasteiger partial charge in [0.2, 0.25) is 5.91 Å². The molecule has 0 saturated carbocycles. The Hall–Kier alpha value is -2.97. The van der Waals surface area contributed by atoms with E-state index in [-0.39, 0.29) is 17.3 Å². The number of thioether (sulfide) groups is 1. The zero-order chi connectivity index (χ0) is 25.3. The number of nitrogens with zero attached hydrogens (tertiary/aromatic N) is 1. The summed E-state index contributed by atoms with van der Waals surface area (Å²) in [4.78, 5) is 12.9. The van der Waals surface area contributed by atoms with Gasteiger partial charge < -0.3 is 10.1 Å². The zero-order valence-electron chi connectivity index (χ0n) is 20.4. The molecule has 3 aromatic rings. The third kappa shape index (κ3) is 7.50. The second-order valence-electron chi connectivity index (χ2n) is 8.08. The Kier molecular flexibility index (Phi) is 9.63. The molecular formula is C27H32N2O4S2. The lowest BCUT2D eigenvalue weighted by Gasteiger charge is -2.24. The van der Waals surface area contributed by atoms with Crippen LogP contribution in [0.5, 0.6) is 5.75 Å². The Labute approximate surface area is 212 Å². The van der Waals surface area contributed by atoms with Crippen LogP contribution < -0.4 is 14.4 Å². The van der Waals surface area contributed by atoms with Crippen molar-refractivity contribution < 1.29 is 17.9 Å². The normalized spacial score (nSPS) is 11.2.